The lowest BCUT2D eigenvalue weighted by Gasteiger charge is -2.17. The van der Waals surface area contributed by atoms with Crippen molar-refractivity contribution in [3.8, 4) is 0 Å². The summed E-state index contributed by atoms with van der Waals surface area (Å²) in [5, 5.41) is 16.7. The van der Waals surface area contributed by atoms with Gasteiger partial charge in [-0.2, -0.15) is 0 Å². The number of amides is 2. The third-order valence-electron chi connectivity index (χ3n) is 3.02. The lowest BCUT2D eigenvalue weighted by Crippen LogP contribution is -2.35. The van der Waals surface area contributed by atoms with E-state index >= 15 is 0 Å². The lowest BCUT2D eigenvalue weighted by molar-refractivity contribution is -0.384. The molecule has 0 atom stereocenters. The molecule has 1 aromatic carbocycles. The average molecular weight is 353 g/mol. The van der Waals surface area contributed by atoms with E-state index in [4.69, 9.17) is 16.1 Å². The van der Waals surface area contributed by atoms with E-state index in [1.165, 1.54) is 25.2 Å². The van der Waals surface area contributed by atoms with Crippen LogP contribution in [-0.4, -0.2) is 40.4 Å². The summed E-state index contributed by atoms with van der Waals surface area (Å²) < 4.78 is 4.82. The van der Waals surface area contributed by atoms with E-state index in [1.807, 2.05) is 0 Å². The highest BCUT2D eigenvalue weighted by atomic mass is 35.5. The van der Waals surface area contributed by atoms with Gasteiger partial charge in [-0.15, -0.1) is 0 Å². The Labute approximate surface area is 141 Å². The molecule has 1 aromatic heterocycles. The van der Waals surface area contributed by atoms with Crippen LogP contribution in [0.1, 0.15) is 16.1 Å². The van der Waals surface area contributed by atoms with Gasteiger partial charge in [0.25, 0.3) is 11.6 Å². The van der Waals surface area contributed by atoms with Gasteiger partial charge in [-0.25, -0.2) is 0 Å². The molecule has 0 aliphatic heterocycles. The summed E-state index contributed by atoms with van der Waals surface area (Å²) in [6, 6.07) is 5.04. The number of hydrogen-bond acceptors (Lipinski definition) is 6. The number of anilines is 1. The zero-order chi connectivity index (χ0) is 17.9. The van der Waals surface area contributed by atoms with Crippen molar-refractivity contribution < 1.29 is 19.0 Å². The Morgan fingerprint density at radius 3 is 2.67 bits per heavy atom. The van der Waals surface area contributed by atoms with Crippen LogP contribution < -0.4 is 5.32 Å². The fraction of sp³-hybridized carbons (Fsp3) is 0.214. The van der Waals surface area contributed by atoms with E-state index in [9.17, 15) is 19.7 Å². The fourth-order valence-corrected chi connectivity index (χ4v) is 2.15. The number of nitrogens with one attached hydrogen (secondary N) is 1. The molecule has 2 amide bonds. The summed E-state index contributed by atoms with van der Waals surface area (Å²) in [4.78, 5) is 35.4. The van der Waals surface area contributed by atoms with Gasteiger partial charge in [-0.3, -0.25) is 19.7 Å². The lowest BCUT2D eigenvalue weighted by atomic mass is 10.2. The molecular weight excluding hydrogens is 340 g/mol. The van der Waals surface area contributed by atoms with Crippen LogP contribution in [-0.2, 0) is 4.79 Å². The van der Waals surface area contributed by atoms with Crippen LogP contribution in [0.25, 0.3) is 0 Å². The molecule has 9 nitrogen and oxygen atoms in total. The van der Waals surface area contributed by atoms with E-state index in [-0.39, 0.29) is 28.6 Å². The zero-order valence-corrected chi connectivity index (χ0v) is 13.5. The minimum atomic E-state index is -0.614. The Balaban J connectivity index is 2.03. The maximum absolute atomic E-state index is 12.3. The van der Waals surface area contributed by atoms with Crippen LogP contribution in [0.4, 0.5) is 11.5 Å². The second kappa shape index (κ2) is 7.09. The molecule has 10 heteroatoms. The summed E-state index contributed by atoms with van der Waals surface area (Å²) in [7, 11) is 1.41. The first kappa shape index (κ1) is 17.4. The molecule has 2 aromatic rings. The van der Waals surface area contributed by atoms with Crippen LogP contribution in [0.15, 0.2) is 28.8 Å². The van der Waals surface area contributed by atoms with Gasteiger partial charge in [-0.1, -0.05) is 16.8 Å². The van der Waals surface area contributed by atoms with E-state index in [0.717, 1.165) is 11.0 Å². The van der Waals surface area contributed by atoms with Gasteiger partial charge in [0, 0.05) is 25.2 Å². The molecule has 0 fully saturated rings. The van der Waals surface area contributed by atoms with Crippen LogP contribution in [0.2, 0.25) is 5.02 Å². The fourth-order valence-electron chi connectivity index (χ4n) is 1.89. The number of halogens is 1. The van der Waals surface area contributed by atoms with Gasteiger partial charge in [0.05, 0.1) is 22.1 Å². The van der Waals surface area contributed by atoms with Gasteiger partial charge < -0.3 is 14.7 Å². The number of nitro benzene ring substituents is 1. The number of aromatic nitrogens is 1. The van der Waals surface area contributed by atoms with E-state index in [1.54, 1.807) is 6.92 Å². The van der Waals surface area contributed by atoms with Gasteiger partial charge in [-0.05, 0) is 13.0 Å². The molecule has 0 saturated heterocycles. The first-order chi connectivity index (χ1) is 11.3. The summed E-state index contributed by atoms with van der Waals surface area (Å²) in [5.74, 6) is -0.238. The predicted octanol–water partition coefficient (Wildman–Crippen LogP) is 2.26. The largest absolute Gasteiger partial charge is 0.360 e. The van der Waals surface area contributed by atoms with E-state index in [0.29, 0.717) is 5.76 Å². The molecule has 0 bridgehead atoms. The Morgan fingerprint density at radius 2 is 2.12 bits per heavy atom. The molecule has 24 heavy (non-hydrogen) atoms. The third kappa shape index (κ3) is 4.07. The smallest absolute Gasteiger partial charge is 0.270 e. The molecule has 0 unspecified atom stereocenters. The Kier molecular flexibility index (Phi) is 5.14. The quantitative estimate of drug-likeness (QED) is 0.651. The van der Waals surface area contributed by atoms with Crippen LogP contribution in [0.3, 0.4) is 0 Å². The number of aryl methyl sites for hydroxylation is 1. The Bertz CT molecular complexity index is 804. The summed E-state index contributed by atoms with van der Waals surface area (Å²) >= 11 is 5.91. The number of likely N-dealkylation sites (N-methyl/N-ethyl adjacent to an activating group) is 1. The van der Waals surface area contributed by atoms with E-state index < -0.39 is 16.7 Å². The SMILES string of the molecule is Cc1cc(NC(=O)CN(C)C(=O)c2ccc([N+](=O)[O-])cc2Cl)no1. The monoisotopic (exact) mass is 352 g/mol. The number of carbonyl (C=O) groups excluding carboxylic acids is 2. The highest BCUT2D eigenvalue weighted by Crippen LogP contribution is 2.23. The van der Waals surface area contributed by atoms with Gasteiger partial charge in [0.1, 0.15) is 5.76 Å². The summed E-state index contributed by atoms with van der Waals surface area (Å²) in [5.41, 5.74) is -0.159. The summed E-state index contributed by atoms with van der Waals surface area (Å²) in [6.07, 6.45) is 0. The maximum atomic E-state index is 12.3. The van der Waals surface area contributed by atoms with Crippen molar-refractivity contribution >= 4 is 34.9 Å². The van der Waals surface area contributed by atoms with E-state index in [2.05, 4.69) is 10.5 Å². The normalized spacial score (nSPS) is 10.3. The molecule has 0 aliphatic carbocycles. The van der Waals surface area contributed by atoms with Crippen molar-refractivity contribution in [3.05, 3.63) is 50.7 Å². The number of rotatable bonds is 5. The molecule has 0 spiro atoms. The van der Waals surface area contributed by atoms with Crippen molar-refractivity contribution in [1.29, 1.82) is 0 Å². The van der Waals surface area contributed by atoms with Crippen LogP contribution >= 0.6 is 11.6 Å². The highest BCUT2D eigenvalue weighted by Gasteiger charge is 2.20. The molecule has 0 saturated carbocycles. The van der Waals surface area contributed by atoms with Crippen LogP contribution in [0.5, 0.6) is 0 Å². The van der Waals surface area contributed by atoms with Crippen molar-refractivity contribution in [1.82, 2.24) is 10.1 Å². The topological polar surface area (TPSA) is 119 Å². The Hall–Kier alpha value is -2.94. The second-order valence-electron chi connectivity index (χ2n) is 4.95. The second-order valence-corrected chi connectivity index (χ2v) is 5.36. The van der Waals surface area contributed by atoms with Crippen molar-refractivity contribution in [3.63, 3.8) is 0 Å². The number of nitro groups is 1. The first-order valence-corrected chi connectivity index (χ1v) is 7.08. The molecule has 0 radical (unpaired) electrons. The number of nitrogens with zero attached hydrogens (tertiary/aromatic N) is 3. The number of benzene rings is 1. The van der Waals surface area contributed by atoms with Crippen molar-refractivity contribution in [2.75, 3.05) is 18.9 Å². The van der Waals surface area contributed by atoms with Gasteiger partial charge >= 0.3 is 0 Å². The minimum absolute atomic E-state index is 0.0615. The molecule has 0 aliphatic rings. The number of hydrogen-bond donors (Lipinski definition) is 1. The average Bonchev–Trinajstić information content (AvgIpc) is 2.91. The maximum Gasteiger partial charge on any atom is 0.270 e. The molecule has 1 heterocycles. The number of carbonyl (C=O) groups is 2. The van der Waals surface area contributed by atoms with Crippen molar-refractivity contribution in [2.45, 2.75) is 6.92 Å². The number of non-ortho nitro benzene ring substituents is 1. The Morgan fingerprint density at radius 1 is 1.42 bits per heavy atom. The zero-order valence-electron chi connectivity index (χ0n) is 12.8. The molecule has 1 N–H and O–H groups in total. The third-order valence-corrected chi connectivity index (χ3v) is 3.33. The summed E-state index contributed by atoms with van der Waals surface area (Å²) in [6.45, 7) is 1.42. The van der Waals surface area contributed by atoms with Gasteiger partial charge in [0.15, 0.2) is 5.82 Å². The highest BCUT2D eigenvalue weighted by molar-refractivity contribution is 6.34. The molecule has 2 rings (SSSR count). The van der Waals surface area contributed by atoms with Crippen LogP contribution in [0, 0.1) is 17.0 Å². The van der Waals surface area contributed by atoms with Crippen molar-refractivity contribution in [2.24, 2.45) is 0 Å². The standard InChI is InChI=1S/C14H13ClN4O5/c1-8-5-12(17-24-8)16-13(20)7-18(2)14(21)10-4-3-9(19(22)23)6-11(10)15/h3-6H,7H2,1-2H3,(H,16,17,20). The predicted molar refractivity (Wildman–Crippen MR) is 84.9 cm³/mol. The van der Waals surface area contributed by atoms with Gasteiger partial charge in [0.2, 0.25) is 5.91 Å². The molecule has 126 valence electrons. The first-order valence-electron chi connectivity index (χ1n) is 6.70. The minimum Gasteiger partial charge on any atom is -0.360 e. The molecular formula is C14H13ClN4O5.